The largest absolute Gasteiger partial charge is 0.493 e. The normalized spacial score (nSPS) is 14.4. The van der Waals surface area contributed by atoms with Gasteiger partial charge >= 0.3 is 11.9 Å². The summed E-state index contributed by atoms with van der Waals surface area (Å²) < 4.78 is 34.5. The zero-order chi connectivity index (χ0) is 21.1. The van der Waals surface area contributed by atoms with E-state index in [0.29, 0.717) is 5.56 Å². The highest BCUT2D eigenvalue weighted by Gasteiger charge is 2.26. The van der Waals surface area contributed by atoms with Crippen molar-refractivity contribution in [2.75, 3.05) is 7.11 Å². The molecule has 1 aromatic heterocycles. The van der Waals surface area contributed by atoms with E-state index in [4.69, 9.17) is 18.6 Å². The van der Waals surface area contributed by atoms with Gasteiger partial charge in [0.2, 0.25) is 11.7 Å². The Morgan fingerprint density at radius 2 is 1.93 bits per heavy atom. The van der Waals surface area contributed by atoms with Crippen molar-refractivity contribution < 1.29 is 32.6 Å². The van der Waals surface area contributed by atoms with Crippen molar-refractivity contribution in [3.05, 3.63) is 89.3 Å². The van der Waals surface area contributed by atoms with Crippen molar-refractivity contribution in [3.63, 3.8) is 0 Å². The van der Waals surface area contributed by atoms with Crippen molar-refractivity contribution in [1.29, 1.82) is 0 Å². The molecule has 0 atom stereocenters. The minimum absolute atomic E-state index is 0.00404. The maximum Gasteiger partial charge on any atom is 0.379 e. The molecular weight excluding hydrogens is 393 g/mol. The average molecular weight is 407 g/mol. The second-order valence-electron chi connectivity index (χ2n) is 6.09. The van der Waals surface area contributed by atoms with Crippen molar-refractivity contribution in [3.8, 4) is 11.5 Å². The van der Waals surface area contributed by atoms with E-state index in [2.05, 4.69) is 4.99 Å². The van der Waals surface area contributed by atoms with E-state index >= 15 is 0 Å². The number of cyclic esters (lactones) is 1. The van der Waals surface area contributed by atoms with Gasteiger partial charge in [0.05, 0.1) is 18.9 Å². The zero-order valence-electron chi connectivity index (χ0n) is 15.6. The molecule has 0 fully saturated rings. The third-order valence-electron chi connectivity index (χ3n) is 4.14. The monoisotopic (exact) mass is 407 g/mol. The molecule has 150 valence electrons. The smallest absolute Gasteiger partial charge is 0.379 e. The van der Waals surface area contributed by atoms with Gasteiger partial charge in [-0.05, 0) is 48.0 Å². The predicted molar refractivity (Wildman–Crippen MR) is 104 cm³/mol. The molecule has 0 amide bonds. The number of esters is 2. The Kier molecular flexibility index (Phi) is 5.13. The van der Waals surface area contributed by atoms with Crippen LogP contribution in [0.4, 0.5) is 4.39 Å². The summed E-state index contributed by atoms with van der Waals surface area (Å²) in [6.45, 7) is 0. The number of carbonyl (C=O) groups is 2. The topological polar surface area (TPSA) is 87.3 Å². The highest BCUT2D eigenvalue weighted by molar-refractivity contribution is 6.13. The van der Waals surface area contributed by atoms with Crippen LogP contribution < -0.4 is 9.47 Å². The predicted octanol–water partition coefficient (Wildman–Crippen LogP) is 3.99. The van der Waals surface area contributed by atoms with Crippen LogP contribution in [-0.2, 0) is 9.53 Å². The number of benzene rings is 2. The van der Waals surface area contributed by atoms with Gasteiger partial charge in [-0.25, -0.2) is 19.0 Å². The lowest BCUT2D eigenvalue weighted by Crippen LogP contribution is -2.08. The quantitative estimate of drug-likeness (QED) is 0.361. The lowest BCUT2D eigenvalue weighted by atomic mass is 10.1. The van der Waals surface area contributed by atoms with E-state index in [1.54, 1.807) is 24.3 Å². The minimum Gasteiger partial charge on any atom is -0.493 e. The van der Waals surface area contributed by atoms with Crippen LogP contribution in [0.3, 0.4) is 0 Å². The SMILES string of the molecule is COc1cc(/C=C2/N=C(c3ccccc3F)OC2=O)ccc1OC(=O)c1ccco1. The molecule has 4 rings (SSSR count). The molecule has 0 saturated carbocycles. The van der Waals surface area contributed by atoms with E-state index < -0.39 is 17.8 Å². The van der Waals surface area contributed by atoms with Gasteiger partial charge in [-0.2, -0.15) is 0 Å². The fourth-order valence-electron chi connectivity index (χ4n) is 2.72. The molecule has 0 spiro atoms. The first-order chi connectivity index (χ1) is 14.5. The number of rotatable bonds is 5. The Morgan fingerprint density at radius 1 is 1.10 bits per heavy atom. The molecule has 2 aromatic carbocycles. The van der Waals surface area contributed by atoms with Gasteiger partial charge in [0, 0.05) is 0 Å². The number of furan rings is 1. The summed E-state index contributed by atoms with van der Waals surface area (Å²) in [4.78, 5) is 28.3. The molecule has 0 radical (unpaired) electrons. The Hall–Kier alpha value is -4.20. The zero-order valence-corrected chi connectivity index (χ0v) is 15.6. The summed E-state index contributed by atoms with van der Waals surface area (Å²) in [7, 11) is 1.41. The lowest BCUT2D eigenvalue weighted by Gasteiger charge is -2.09. The second kappa shape index (κ2) is 8.04. The van der Waals surface area contributed by atoms with Crippen LogP contribution in [-0.4, -0.2) is 24.9 Å². The first kappa shape index (κ1) is 19.1. The van der Waals surface area contributed by atoms with Gasteiger partial charge in [0.15, 0.2) is 17.2 Å². The van der Waals surface area contributed by atoms with Crippen LogP contribution in [0.5, 0.6) is 11.5 Å². The van der Waals surface area contributed by atoms with Gasteiger partial charge in [-0.3, -0.25) is 0 Å². The molecule has 8 heteroatoms. The van der Waals surface area contributed by atoms with Gasteiger partial charge in [0.1, 0.15) is 5.82 Å². The maximum absolute atomic E-state index is 13.9. The summed E-state index contributed by atoms with van der Waals surface area (Å²) in [6.07, 6.45) is 2.82. The molecule has 0 N–H and O–H groups in total. The molecule has 3 aromatic rings. The summed E-state index contributed by atoms with van der Waals surface area (Å²) in [5.41, 5.74) is 0.623. The Labute approximate surface area is 170 Å². The maximum atomic E-state index is 13.9. The third kappa shape index (κ3) is 3.83. The molecule has 2 heterocycles. The fourth-order valence-corrected chi connectivity index (χ4v) is 2.72. The Balaban J connectivity index is 1.60. The number of aliphatic imine (C=N–C) groups is 1. The van der Waals surface area contributed by atoms with E-state index in [-0.39, 0.29) is 34.4 Å². The van der Waals surface area contributed by atoms with Crippen LogP contribution >= 0.6 is 0 Å². The van der Waals surface area contributed by atoms with Crippen molar-refractivity contribution in [2.24, 2.45) is 4.99 Å². The van der Waals surface area contributed by atoms with Crippen molar-refractivity contribution in [1.82, 2.24) is 0 Å². The lowest BCUT2D eigenvalue weighted by molar-refractivity contribution is -0.129. The van der Waals surface area contributed by atoms with Crippen LogP contribution in [0.25, 0.3) is 6.08 Å². The van der Waals surface area contributed by atoms with Gasteiger partial charge < -0.3 is 18.6 Å². The van der Waals surface area contributed by atoms with Gasteiger partial charge in [-0.1, -0.05) is 18.2 Å². The molecule has 0 unspecified atom stereocenters. The molecule has 0 bridgehead atoms. The summed E-state index contributed by atoms with van der Waals surface area (Å²) in [5.74, 6) is -1.56. The molecule has 1 aliphatic rings. The first-order valence-electron chi connectivity index (χ1n) is 8.76. The van der Waals surface area contributed by atoms with Crippen LogP contribution in [0.1, 0.15) is 21.7 Å². The third-order valence-corrected chi connectivity index (χ3v) is 4.14. The van der Waals surface area contributed by atoms with E-state index in [0.717, 1.165) is 0 Å². The van der Waals surface area contributed by atoms with Crippen molar-refractivity contribution in [2.45, 2.75) is 0 Å². The number of halogens is 1. The summed E-state index contributed by atoms with van der Waals surface area (Å²) in [6, 6.07) is 13.6. The molecular formula is C22H14FNO6. The van der Waals surface area contributed by atoms with Gasteiger partial charge in [-0.15, -0.1) is 0 Å². The first-order valence-corrected chi connectivity index (χ1v) is 8.76. The van der Waals surface area contributed by atoms with E-state index in [9.17, 15) is 14.0 Å². The van der Waals surface area contributed by atoms with Crippen LogP contribution in [0.2, 0.25) is 0 Å². The number of ether oxygens (including phenoxy) is 3. The number of methoxy groups -OCH3 is 1. The second-order valence-corrected chi connectivity index (χ2v) is 6.09. The highest BCUT2D eigenvalue weighted by atomic mass is 19.1. The molecule has 30 heavy (non-hydrogen) atoms. The number of hydrogen-bond donors (Lipinski definition) is 0. The molecule has 0 saturated heterocycles. The number of carbonyl (C=O) groups excluding carboxylic acids is 2. The van der Waals surface area contributed by atoms with Crippen LogP contribution in [0, 0.1) is 5.82 Å². The molecule has 0 aliphatic carbocycles. The highest BCUT2D eigenvalue weighted by Crippen LogP contribution is 2.30. The van der Waals surface area contributed by atoms with E-state index in [1.165, 1.54) is 49.8 Å². The summed E-state index contributed by atoms with van der Waals surface area (Å²) >= 11 is 0. The number of nitrogens with zero attached hydrogens (tertiary/aromatic N) is 1. The fraction of sp³-hybridized carbons (Fsp3) is 0.0455. The minimum atomic E-state index is -0.708. The Morgan fingerprint density at radius 3 is 2.67 bits per heavy atom. The number of hydrogen-bond acceptors (Lipinski definition) is 7. The molecule has 1 aliphatic heterocycles. The van der Waals surface area contributed by atoms with E-state index in [1.807, 2.05) is 0 Å². The van der Waals surface area contributed by atoms with Gasteiger partial charge in [0.25, 0.3) is 0 Å². The standard InChI is InChI=1S/C22H14FNO6/c1-27-19-12-13(8-9-17(19)29-22(26)18-7-4-10-28-18)11-16-21(25)30-20(24-16)14-5-2-3-6-15(14)23/h2-12H,1H3/b16-11+. The molecule has 7 nitrogen and oxygen atoms in total. The Bertz CT molecular complexity index is 1180. The average Bonchev–Trinajstić information content (AvgIpc) is 3.40. The summed E-state index contributed by atoms with van der Waals surface area (Å²) in [5, 5.41) is 0. The van der Waals surface area contributed by atoms with Crippen molar-refractivity contribution >= 4 is 23.9 Å². The van der Waals surface area contributed by atoms with Crippen LogP contribution in [0.15, 0.2) is 76.0 Å².